The number of alkyl halides is 1. The van der Waals surface area contributed by atoms with Gasteiger partial charge in [-0.05, 0) is 12.0 Å². The van der Waals surface area contributed by atoms with Crippen LogP contribution in [0.25, 0.3) is 0 Å². The Morgan fingerprint density at radius 3 is 2.61 bits per heavy atom. The normalized spacial score (nSPS) is 16.1. The van der Waals surface area contributed by atoms with Gasteiger partial charge in [-0.2, -0.15) is 0 Å². The number of fused-ring (bicyclic) bond motifs is 1. The van der Waals surface area contributed by atoms with Crippen LogP contribution in [-0.2, 0) is 4.79 Å². The third-order valence-electron chi connectivity index (χ3n) is 2.75. The van der Waals surface area contributed by atoms with E-state index in [0.717, 1.165) is 11.0 Å². The van der Waals surface area contributed by atoms with Crippen LogP contribution in [-0.4, -0.2) is 23.6 Å². The van der Waals surface area contributed by atoms with Crippen molar-refractivity contribution in [3.63, 3.8) is 0 Å². The molecule has 1 atom stereocenters. The van der Waals surface area contributed by atoms with Gasteiger partial charge in [0.05, 0.1) is 11.3 Å². The third kappa shape index (κ3) is 2.05. The largest absolute Gasteiger partial charge is 0.304 e. The highest BCUT2D eigenvalue weighted by Gasteiger charge is 2.39. The Labute approximate surface area is 111 Å². The van der Waals surface area contributed by atoms with Crippen LogP contribution in [0.4, 0.5) is 14.5 Å². The summed E-state index contributed by atoms with van der Waals surface area (Å²) in [5, 5.41) is 0.623. The number of rotatable bonds is 3. The van der Waals surface area contributed by atoms with Gasteiger partial charge in [0.15, 0.2) is 0 Å². The average molecular weight is 318 g/mol. The smallest absolute Gasteiger partial charge is 0.299 e. The molecule has 0 saturated heterocycles. The van der Waals surface area contributed by atoms with Gasteiger partial charge in [0.2, 0.25) is 0 Å². The van der Waals surface area contributed by atoms with Crippen molar-refractivity contribution in [3.05, 3.63) is 29.3 Å². The fourth-order valence-corrected chi connectivity index (χ4v) is 2.08. The molecule has 1 heterocycles. The first-order valence-electron chi connectivity index (χ1n) is 5.37. The Morgan fingerprint density at radius 1 is 1.33 bits per heavy atom. The van der Waals surface area contributed by atoms with Crippen LogP contribution >= 0.6 is 15.9 Å². The monoisotopic (exact) mass is 317 g/mol. The molecule has 0 aromatic heterocycles. The van der Waals surface area contributed by atoms with E-state index < -0.39 is 23.3 Å². The van der Waals surface area contributed by atoms with Gasteiger partial charge in [0.25, 0.3) is 11.7 Å². The zero-order valence-electron chi connectivity index (χ0n) is 9.54. The number of hydrogen-bond donors (Lipinski definition) is 0. The van der Waals surface area contributed by atoms with Gasteiger partial charge in [-0.25, -0.2) is 8.78 Å². The Morgan fingerprint density at radius 2 is 2.00 bits per heavy atom. The molecule has 3 nitrogen and oxygen atoms in total. The standard InChI is InChI=1S/C12H10BrF2NO2/c1-6(4-13)5-16-9-3-7(14)2-8(15)10(9)11(17)12(16)18/h2-3,6H,4-5H2,1H3. The summed E-state index contributed by atoms with van der Waals surface area (Å²) in [6, 6.07) is 1.63. The minimum Gasteiger partial charge on any atom is -0.304 e. The fraction of sp³-hybridized carbons (Fsp3) is 0.333. The zero-order valence-corrected chi connectivity index (χ0v) is 11.1. The van der Waals surface area contributed by atoms with Crippen molar-refractivity contribution in [2.75, 3.05) is 16.8 Å². The summed E-state index contributed by atoms with van der Waals surface area (Å²) in [5.41, 5.74) is -0.307. The van der Waals surface area contributed by atoms with E-state index in [1.54, 1.807) is 0 Å². The highest BCUT2D eigenvalue weighted by atomic mass is 79.9. The van der Waals surface area contributed by atoms with Gasteiger partial charge < -0.3 is 4.90 Å². The van der Waals surface area contributed by atoms with E-state index in [0.29, 0.717) is 11.4 Å². The second-order valence-corrected chi connectivity index (χ2v) is 4.93. The molecule has 0 saturated carbocycles. The van der Waals surface area contributed by atoms with Gasteiger partial charge in [0, 0.05) is 17.9 Å². The van der Waals surface area contributed by atoms with E-state index in [9.17, 15) is 18.4 Å². The number of halogens is 3. The summed E-state index contributed by atoms with van der Waals surface area (Å²) in [6.45, 7) is 2.10. The van der Waals surface area contributed by atoms with Crippen molar-refractivity contribution in [2.45, 2.75) is 6.92 Å². The highest BCUT2D eigenvalue weighted by Crippen LogP contribution is 2.32. The molecule has 0 radical (unpaired) electrons. The fourth-order valence-electron chi connectivity index (χ4n) is 1.88. The lowest BCUT2D eigenvalue weighted by molar-refractivity contribution is -0.114. The lowest BCUT2D eigenvalue weighted by Crippen LogP contribution is -2.34. The van der Waals surface area contributed by atoms with Crippen molar-refractivity contribution < 1.29 is 18.4 Å². The van der Waals surface area contributed by atoms with Crippen LogP contribution in [0.5, 0.6) is 0 Å². The number of anilines is 1. The summed E-state index contributed by atoms with van der Waals surface area (Å²) < 4.78 is 26.7. The summed E-state index contributed by atoms with van der Waals surface area (Å²) in [7, 11) is 0. The van der Waals surface area contributed by atoms with Crippen molar-refractivity contribution in [2.24, 2.45) is 5.92 Å². The number of hydrogen-bond acceptors (Lipinski definition) is 2. The van der Waals surface area contributed by atoms with Crippen molar-refractivity contribution >= 4 is 33.3 Å². The Bertz CT molecular complexity index is 533. The maximum Gasteiger partial charge on any atom is 0.299 e. The van der Waals surface area contributed by atoms with Crippen LogP contribution in [0.2, 0.25) is 0 Å². The van der Waals surface area contributed by atoms with Crippen LogP contribution in [0.1, 0.15) is 17.3 Å². The molecule has 0 fully saturated rings. The molecule has 18 heavy (non-hydrogen) atoms. The predicted octanol–water partition coefficient (Wildman–Crippen LogP) is 2.53. The van der Waals surface area contributed by atoms with Gasteiger partial charge >= 0.3 is 0 Å². The number of Topliss-reactive ketones (excluding diaryl/α,β-unsaturated/α-hetero) is 1. The minimum absolute atomic E-state index is 0.0234. The first-order chi connectivity index (χ1) is 8.45. The lowest BCUT2D eigenvalue weighted by atomic mass is 10.1. The van der Waals surface area contributed by atoms with E-state index >= 15 is 0 Å². The van der Waals surface area contributed by atoms with Crippen molar-refractivity contribution in [1.82, 2.24) is 0 Å². The Hall–Kier alpha value is -1.30. The molecule has 1 aromatic rings. The zero-order chi connectivity index (χ0) is 13.4. The molecule has 1 aliphatic rings. The summed E-state index contributed by atoms with van der Waals surface area (Å²) in [5.74, 6) is -3.44. The molecule has 6 heteroatoms. The molecule has 0 bridgehead atoms. The molecule has 96 valence electrons. The van der Waals surface area contributed by atoms with Crippen LogP contribution in [0.15, 0.2) is 12.1 Å². The summed E-state index contributed by atoms with van der Waals surface area (Å²) in [4.78, 5) is 24.5. The maximum atomic E-state index is 13.5. The van der Waals surface area contributed by atoms with Crippen LogP contribution in [0.3, 0.4) is 0 Å². The molecule has 0 N–H and O–H groups in total. The van der Waals surface area contributed by atoms with Crippen LogP contribution < -0.4 is 4.90 Å². The number of carbonyl (C=O) groups excluding carboxylic acids is 2. The number of nitrogens with zero attached hydrogens (tertiary/aromatic N) is 1. The number of amides is 1. The van der Waals surface area contributed by atoms with E-state index in [4.69, 9.17) is 0 Å². The molecule has 1 unspecified atom stereocenters. The quantitative estimate of drug-likeness (QED) is 0.634. The SMILES string of the molecule is CC(CBr)CN1C(=O)C(=O)c2c(F)cc(F)cc21. The molecular formula is C12H10BrF2NO2. The first-order valence-corrected chi connectivity index (χ1v) is 6.49. The van der Waals surface area contributed by atoms with Crippen LogP contribution in [0, 0.1) is 17.6 Å². The topological polar surface area (TPSA) is 37.4 Å². The number of ketones is 1. The number of carbonyl (C=O) groups is 2. The van der Waals surface area contributed by atoms with Crippen molar-refractivity contribution in [1.29, 1.82) is 0 Å². The molecule has 1 aromatic carbocycles. The number of benzene rings is 1. The summed E-state index contributed by atoms with van der Waals surface area (Å²) in [6.07, 6.45) is 0. The molecule has 2 rings (SSSR count). The second-order valence-electron chi connectivity index (χ2n) is 4.29. The van der Waals surface area contributed by atoms with E-state index in [1.807, 2.05) is 6.92 Å². The second kappa shape index (κ2) is 4.76. The average Bonchev–Trinajstić information content (AvgIpc) is 2.54. The van der Waals surface area contributed by atoms with E-state index in [2.05, 4.69) is 15.9 Å². The van der Waals surface area contributed by atoms with E-state index in [1.165, 1.54) is 0 Å². The Balaban J connectivity index is 2.48. The highest BCUT2D eigenvalue weighted by molar-refractivity contribution is 9.09. The van der Waals surface area contributed by atoms with Gasteiger partial charge in [0.1, 0.15) is 11.6 Å². The minimum atomic E-state index is -0.989. The molecular weight excluding hydrogens is 308 g/mol. The van der Waals surface area contributed by atoms with Gasteiger partial charge in [-0.3, -0.25) is 9.59 Å². The molecule has 0 spiro atoms. The van der Waals surface area contributed by atoms with E-state index in [-0.39, 0.29) is 23.7 Å². The predicted molar refractivity (Wildman–Crippen MR) is 66.0 cm³/mol. The lowest BCUT2D eigenvalue weighted by Gasteiger charge is -2.19. The first kappa shape index (κ1) is 13.1. The van der Waals surface area contributed by atoms with Gasteiger partial charge in [-0.15, -0.1) is 0 Å². The Kier molecular flexibility index (Phi) is 3.47. The van der Waals surface area contributed by atoms with Gasteiger partial charge in [-0.1, -0.05) is 22.9 Å². The summed E-state index contributed by atoms with van der Waals surface area (Å²) >= 11 is 3.25. The maximum absolute atomic E-state index is 13.5. The molecule has 1 aliphatic heterocycles. The van der Waals surface area contributed by atoms with Crippen molar-refractivity contribution in [3.8, 4) is 0 Å². The molecule has 0 aliphatic carbocycles. The molecule has 1 amide bonds. The third-order valence-corrected chi connectivity index (χ3v) is 3.85.